The normalized spacial score (nSPS) is 13.5. The van der Waals surface area contributed by atoms with Gasteiger partial charge in [0.25, 0.3) is 0 Å². The third-order valence-corrected chi connectivity index (χ3v) is 3.68. The molecule has 2 aromatic rings. The molecule has 3 nitrogen and oxygen atoms in total. The number of ketones is 1. The van der Waals surface area contributed by atoms with E-state index < -0.39 is 12.2 Å². The fourth-order valence-corrected chi connectivity index (χ4v) is 2.43. The van der Waals surface area contributed by atoms with Crippen LogP contribution < -0.4 is 0 Å². The van der Waals surface area contributed by atoms with Crippen LogP contribution in [0.25, 0.3) is 0 Å². The van der Waals surface area contributed by atoms with Gasteiger partial charge in [0.2, 0.25) is 0 Å². The Morgan fingerprint density at radius 1 is 0.864 bits per heavy atom. The van der Waals surface area contributed by atoms with Gasteiger partial charge in [0.1, 0.15) is 5.78 Å². The van der Waals surface area contributed by atoms with E-state index in [4.69, 9.17) is 0 Å². The van der Waals surface area contributed by atoms with Crippen molar-refractivity contribution in [2.75, 3.05) is 0 Å². The molecule has 0 amide bonds. The molecule has 0 fully saturated rings. The highest BCUT2D eigenvalue weighted by Gasteiger charge is 2.16. The maximum Gasteiger partial charge on any atom is 0.138 e. The van der Waals surface area contributed by atoms with Crippen molar-refractivity contribution in [2.24, 2.45) is 0 Å². The Hall–Kier alpha value is -1.97. The molecular weight excluding hydrogens is 276 g/mol. The highest BCUT2D eigenvalue weighted by molar-refractivity contribution is 5.79. The van der Waals surface area contributed by atoms with Gasteiger partial charge < -0.3 is 10.2 Å². The molecule has 22 heavy (non-hydrogen) atoms. The van der Waals surface area contributed by atoms with E-state index in [-0.39, 0.29) is 18.6 Å². The molecule has 2 N–H and O–H groups in total. The summed E-state index contributed by atoms with van der Waals surface area (Å²) in [6.07, 6.45) is -0.0117. The molecule has 2 atom stereocenters. The van der Waals surface area contributed by atoms with Crippen LogP contribution in [0.3, 0.4) is 0 Å². The molecular formula is C19H22O3. The summed E-state index contributed by atoms with van der Waals surface area (Å²) in [4.78, 5) is 11.9. The van der Waals surface area contributed by atoms with Crippen LogP contribution in [0.5, 0.6) is 0 Å². The summed E-state index contributed by atoms with van der Waals surface area (Å²) in [6, 6.07) is 19.0. The first-order valence-electron chi connectivity index (χ1n) is 7.62. The SMILES string of the molecule is O=C(C[C@@H](O)CCc1ccccc1)C[C@H](O)c1ccccc1. The van der Waals surface area contributed by atoms with Crippen LogP contribution >= 0.6 is 0 Å². The van der Waals surface area contributed by atoms with Crippen molar-refractivity contribution in [3.63, 3.8) is 0 Å². The molecule has 0 radical (unpaired) electrons. The van der Waals surface area contributed by atoms with Crippen LogP contribution in [-0.4, -0.2) is 22.1 Å². The van der Waals surface area contributed by atoms with Crippen molar-refractivity contribution in [2.45, 2.75) is 37.9 Å². The topological polar surface area (TPSA) is 57.5 Å². The van der Waals surface area contributed by atoms with E-state index in [0.29, 0.717) is 6.42 Å². The molecule has 0 aromatic heterocycles. The van der Waals surface area contributed by atoms with Gasteiger partial charge in [-0.05, 0) is 24.0 Å². The molecule has 0 unspecified atom stereocenters. The van der Waals surface area contributed by atoms with E-state index in [0.717, 1.165) is 17.5 Å². The van der Waals surface area contributed by atoms with E-state index in [2.05, 4.69) is 0 Å². The molecule has 0 saturated heterocycles. The second kappa shape index (κ2) is 8.47. The molecule has 0 bridgehead atoms. The Labute approximate surface area is 131 Å². The number of rotatable bonds is 8. The van der Waals surface area contributed by atoms with E-state index in [1.165, 1.54) is 0 Å². The Bertz CT molecular complexity index is 566. The van der Waals surface area contributed by atoms with E-state index in [1.54, 1.807) is 12.1 Å². The van der Waals surface area contributed by atoms with Crippen LogP contribution in [0, 0.1) is 0 Å². The number of aliphatic hydroxyl groups is 2. The number of hydrogen-bond donors (Lipinski definition) is 2. The smallest absolute Gasteiger partial charge is 0.138 e. The summed E-state index contributed by atoms with van der Waals surface area (Å²) in [5.41, 5.74) is 1.88. The summed E-state index contributed by atoms with van der Waals surface area (Å²) in [5, 5.41) is 20.0. The van der Waals surface area contributed by atoms with Crippen molar-refractivity contribution >= 4 is 5.78 Å². The Balaban J connectivity index is 1.74. The van der Waals surface area contributed by atoms with Gasteiger partial charge in [-0.3, -0.25) is 4.79 Å². The monoisotopic (exact) mass is 298 g/mol. The average Bonchev–Trinajstić information content (AvgIpc) is 2.54. The minimum atomic E-state index is -0.796. The average molecular weight is 298 g/mol. The molecule has 3 heteroatoms. The molecule has 0 aliphatic rings. The number of benzene rings is 2. The third-order valence-electron chi connectivity index (χ3n) is 3.68. The maximum absolute atomic E-state index is 11.9. The minimum absolute atomic E-state index is 0.0480. The summed E-state index contributed by atoms with van der Waals surface area (Å²) in [5.74, 6) is -0.114. The van der Waals surface area contributed by atoms with Crippen LogP contribution in [0.15, 0.2) is 60.7 Å². The van der Waals surface area contributed by atoms with Gasteiger partial charge in [0.05, 0.1) is 12.2 Å². The largest absolute Gasteiger partial charge is 0.393 e. The zero-order chi connectivity index (χ0) is 15.8. The minimum Gasteiger partial charge on any atom is -0.393 e. The second-order valence-electron chi connectivity index (χ2n) is 5.55. The lowest BCUT2D eigenvalue weighted by Crippen LogP contribution is -2.16. The molecule has 116 valence electrons. The first kappa shape index (κ1) is 16.4. The number of hydrogen-bond acceptors (Lipinski definition) is 3. The van der Waals surface area contributed by atoms with Crippen molar-refractivity contribution in [3.8, 4) is 0 Å². The van der Waals surface area contributed by atoms with Gasteiger partial charge in [-0.2, -0.15) is 0 Å². The molecule has 0 spiro atoms. The van der Waals surface area contributed by atoms with E-state index in [9.17, 15) is 15.0 Å². The van der Waals surface area contributed by atoms with Crippen molar-refractivity contribution in [1.82, 2.24) is 0 Å². The summed E-state index contributed by atoms with van der Waals surface area (Å²) in [6.45, 7) is 0. The standard InChI is InChI=1S/C19H22O3/c20-17(12-11-15-7-3-1-4-8-15)13-18(21)14-19(22)16-9-5-2-6-10-16/h1-10,17,19-20,22H,11-14H2/t17-,19-/m0/s1. The van der Waals surface area contributed by atoms with Crippen molar-refractivity contribution in [3.05, 3.63) is 71.8 Å². The van der Waals surface area contributed by atoms with Gasteiger partial charge in [0, 0.05) is 12.8 Å². The summed E-state index contributed by atoms with van der Waals surface area (Å²) < 4.78 is 0. The van der Waals surface area contributed by atoms with Gasteiger partial charge in [-0.1, -0.05) is 60.7 Å². The van der Waals surface area contributed by atoms with E-state index >= 15 is 0 Å². The number of Topliss-reactive ketones (excluding diaryl/α,β-unsaturated/α-hetero) is 1. The highest BCUT2D eigenvalue weighted by Crippen LogP contribution is 2.18. The number of carbonyl (C=O) groups excluding carboxylic acids is 1. The molecule has 0 aliphatic heterocycles. The van der Waals surface area contributed by atoms with Crippen LogP contribution in [0.1, 0.15) is 36.5 Å². The maximum atomic E-state index is 11.9. The van der Waals surface area contributed by atoms with Gasteiger partial charge in [-0.25, -0.2) is 0 Å². The predicted molar refractivity (Wildman–Crippen MR) is 86.4 cm³/mol. The lowest BCUT2D eigenvalue weighted by atomic mass is 9.99. The Kier molecular flexibility index (Phi) is 6.31. The molecule has 2 aromatic carbocycles. The number of aliphatic hydroxyl groups excluding tert-OH is 2. The fourth-order valence-electron chi connectivity index (χ4n) is 2.43. The lowest BCUT2D eigenvalue weighted by Gasteiger charge is -2.13. The molecule has 0 aliphatic carbocycles. The second-order valence-corrected chi connectivity index (χ2v) is 5.55. The Morgan fingerprint density at radius 2 is 1.45 bits per heavy atom. The van der Waals surface area contributed by atoms with Crippen molar-refractivity contribution in [1.29, 1.82) is 0 Å². The van der Waals surface area contributed by atoms with Crippen LogP contribution in [0.4, 0.5) is 0 Å². The first-order chi connectivity index (χ1) is 10.6. The fraction of sp³-hybridized carbons (Fsp3) is 0.316. The predicted octanol–water partition coefficient (Wildman–Crippen LogP) is 3.06. The third kappa shape index (κ3) is 5.43. The molecule has 2 rings (SSSR count). The Morgan fingerprint density at radius 3 is 2.09 bits per heavy atom. The molecule has 0 saturated carbocycles. The van der Waals surface area contributed by atoms with Gasteiger partial charge in [-0.15, -0.1) is 0 Å². The highest BCUT2D eigenvalue weighted by atomic mass is 16.3. The van der Waals surface area contributed by atoms with Crippen molar-refractivity contribution < 1.29 is 15.0 Å². The number of carbonyl (C=O) groups is 1. The molecule has 0 heterocycles. The summed E-state index contributed by atoms with van der Waals surface area (Å²) >= 11 is 0. The zero-order valence-electron chi connectivity index (χ0n) is 12.6. The zero-order valence-corrected chi connectivity index (χ0v) is 12.6. The number of aryl methyl sites for hydroxylation is 1. The quantitative estimate of drug-likeness (QED) is 0.787. The first-order valence-corrected chi connectivity index (χ1v) is 7.62. The van der Waals surface area contributed by atoms with Gasteiger partial charge >= 0.3 is 0 Å². The lowest BCUT2D eigenvalue weighted by molar-refractivity contribution is -0.123. The van der Waals surface area contributed by atoms with Crippen LogP contribution in [0.2, 0.25) is 0 Å². The van der Waals surface area contributed by atoms with Gasteiger partial charge in [0.15, 0.2) is 0 Å². The van der Waals surface area contributed by atoms with E-state index in [1.807, 2.05) is 48.5 Å². The van der Waals surface area contributed by atoms with Crippen LogP contribution in [-0.2, 0) is 11.2 Å². The summed E-state index contributed by atoms with van der Waals surface area (Å²) in [7, 11) is 0.